The number of rotatable bonds is 6. The lowest BCUT2D eigenvalue weighted by molar-refractivity contribution is -0.114. The molecule has 1 N–H and O–H groups in total. The number of anilines is 1. The van der Waals surface area contributed by atoms with E-state index in [1.807, 2.05) is 14.1 Å². The van der Waals surface area contributed by atoms with Crippen LogP contribution in [0.15, 0.2) is 29.2 Å². The zero-order chi connectivity index (χ0) is 19.5. The number of hydrogen-bond donors (Lipinski definition) is 1. The van der Waals surface area contributed by atoms with Crippen LogP contribution >= 0.6 is 0 Å². The number of carbonyl (C=O) groups excluding carboxylic acids is 1. The normalized spacial score (nSPS) is 22.5. The maximum atomic E-state index is 13.0. The Balaban J connectivity index is 2.11. The van der Waals surface area contributed by atoms with Gasteiger partial charge in [0, 0.05) is 50.9 Å². The summed E-state index contributed by atoms with van der Waals surface area (Å²) in [6, 6.07) is 6.66. The fourth-order valence-corrected chi connectivity index (χ4v) is 4.93. The topological polar surface area (TPSA) is 73.0 Å². The van der Waals surface area contributed by atoms with Crippen LogP contribution < -0.4 is 5.32 Å². The summed E-state index contributed by atoms with van der Waals surface area (Å²) < 4.78 is 27.6. The van der Waals surface area contributed by atoms with Gasteiger partial charge < -0.3 is 10.2 Å². The Morgan fingerprint density at radius 3 is 2.15 bits per heavy atom. The van der Waals surface area contributed by atoms with Gasteiger partial charge in [0.05, 0.1) is 4.90 Å². The van der Waals surface area contributed by atoms with E-state index in [1.54, 1.807) is 28.6 Å². The van der Waals surface area contributed by atoms with Crippen LogP contribution in [-0.4, -0.2) is 80.8 Å². The third-order valence-electron chi connectivity index (χ3n) is 4.69. The largest absolute Gasteiger partial charge is 0.326 e. The molecule has 1 heterocycles. The number of hydrogen-bond acceptors (Lipinski definition) is 5. The van der Waals surface area contributed by atoms with Gasteiger partial charge in [0.2, 0.25) is 15.9 Å². The van der Waals surface area contributed by atoms with Crippen LogP contribution in [0.1, 0.15) is 20.8 Å². The van der Waals surface area contributed by atoms with Gasteiger partial charge in [-0.05, 0) is 52.2 Å². The lowest BCUT2D eigenvalue weighted by Crippen LogP contribution is -2.58. The first-order valence-electron chi connectivity index (χ1n) is 8.89. The van der Waals surface area contributed by atoms with Crippen molar-refractivity contribution in [3.05, 3.63) is 24.3 Å². The van der Waals surface area contributed by atoms with Crippen LogP contribution in [-0.2, 0) is 14.8 Å². The zero-order valence-electron chi connectivity index (χ0n) is 16.3. The summed E-state index contributed by atoms with van der Waals surface area (Å²) in [5, 5.41) is 2.65. The smallest absolute Gasteiger partial charge is 0.243 e. The molecular formula is C18H30N4O3S. The molecule has 146 valence electrons. The van der Waals surface area contributed by atoms with Crippen molar-refractivity contribution in [3.63, 3.8) is 0 Å². The number of piperazine rings is 1. The van der Waals surface area contributed by atoms with Crippen LogP contribution in [0.4, 0.5) is 5.69 Å². The van der Waals surface area contributed by atoms with Crippen molar-refractivity contribution in [2.45, 2.75) is 37.8 Å². The number of amides is 1. The molecule has 2 atom stereocenters. The average Bonchev–Trinajstić information content (AvgIpc) is 2.53. The van der Waals surface area contributed by atoms with Crippen molar-refractivity contribution in [3.8, 4) is 0 Å². The lowest BCUT2D eigenvalue weighted by Gasteiger charge is -2.44. The van der Waals surface area contributed by atoms with Gasteiger partial charge in [-0.1, -0.05) is 0 Å². The van der Waals surface area contributed by atoms with E-state index in [1.165, 1.54) is 6.92 Å². The predicted octanol–water partition coefficient (Wildman–Crippen LogP) is 1.29. The molecule has 1 aromatic carbocycles. The first kappa shape index (κ1) is 20.8. The van der Waals surface area contributed by atoms with Crippen molar-refractivity contribution < 1.29 is 13.2 Å². The van der Waals surface area contributed by atoms with Crippen LogP contribution in [0.2, 0.25) is 0 Å². The third-order valence-corrected chi connectivity index (χ3v) is 6.53. The highest BCUT2D eigenvalue weighted by Crippen LogP contribution is 2.24. The minimum atomic E-state index is -3.54. The quantitative estimate of drug-likeness (QED) is 0.803. The predicted molar refractivity (Wildman–Crippen MR) is 104 cm³/mol. The van der Waals surface area contributed by atoms with E-state index in [9.17, 15) is 13.2 Å². The van der Waals surface area contributed by atoms with Crippen molar-refractivity contribution in [2.75, 3.05) is 45.6 Å². The Labute approximate surface area is 157 Å². The van der Waals surface area contributed by atoms with Crippen molar-refractivity contribution >= 4 is 21.6 Å². The minimum absolute atomic E-state index is 0.159. The Kier molecular flexibility index (Phi) is 6.79. The summed E-state index contributed by atoms with van der Waals surface area (Å²) in [5.41, 5.74) is 0.590. The summed E-state index contributed by atoms with van der Waals surface area (Å²) in [6.45, 7) is 8.41. The number of carbonyl (C=O) groups is 1. The number of nitrogens with one attached hydrogen (secondary N) is 1. The van der Waals surface area contributed by atoms with Gasteiger partial charge >= 0.3 is 0 Å². The van der Waals surface area contributed by atoms with E-state index in [0.717, 1.165) is 13.1 Å². The molecule has 7 nitrogen and oxygen atoms in total. The van der Waals surface area contributed by atoms with Crippen LogP contribution in [0.25, 0.3) is 0 Å². The Hall–Kier alpha value is -1.48. The van der Waals surface area contributed by atoms with E-state index >= 15 is 0 Å². The highest BCUT2D eigenvalue weighted by Gasteiger charge is 2.35. The van der Waals surface area contributed by atoms with E-state index in [-0.39, 0.29) is 22.9 Å². The molecule has 1 saturated heterocycles. The number of sulfonamides is 1. The molecule has 1 aliphatic heterocycles. The molecule has 26 heavy (non-hydrogen) atoms. The van der Waals surface area contributed by atoms with Gasteiger partial charge in [-0.2, -0.15) is 4.31 Å². The Bertz CT molecular complexity index is 706. The Morgan fingerprint density at radius 2 is 1.69 bits per heavy atom. The van der Waals surface area contributed by atoms with Gasteiger partial charge in [-0.3, -0.25) is 9.69 Å². The van der Waals surface area contributed by atoms with Gasteiger partial charge in [0.15, 0.2) is 0 Å². The summed E-state index contributed by atoms with van der Waals surface area (Å²) in [7, 11) is 0.540. The first-order chi connectivity index (χ1) is 12.1. The van der Waals surface area contributed by atoms with Crippen LogP contribution in [0.3, 0.4) is 0 Å². The maximum Gasteiger partial charge on any atom is 0.243 e. The minimum Gasteiger partial charge on any atom is -0.326 e. The van der Waals surface area contributed by atoms with Crippen molar-refractivity contribution in [1.29, 1.82) is 0 Å². The highest BCUT2D eigenvalue weighted by atomic mass is 32.2. The Morgan fingerprint density at radius 1 is 1.15 bits per heavy atom. The van der Waals surface area contributed by atoms with E-state index in [4.69, 9.17) is 0 Å². The molecule has 0 bridgehead atoms. The van der Waals surface area contributed by atoms with E-state index in [2.05, 4.69) is 29.0 Å². The molecular weight excluding hydrogens is 352 g/mol. The van der Waals surface area contributed by atoms with Crippen LogP contribution in [0, 0.1) is 0 Å². The molecule has 1 fully saturated rings. The number of benzene rings is 1. The number of nitrogens with zero attached hydrogens (tertiary/aromatic N) is 3. The lowest BCUT2D eigenvalue weighted by atomic mass is 10.1. The standard InChI is InChI=1S/C18H30N4O3S/c1-14-12-21(13-15(2)22(14)11-10-20(4)5)26(24,25)18-8-6-17(7-9-18)19-16(3)23/h6-9,14-15H,10-13H2,1-5H3,(H,19,23). The molecule has 2 unspecified atom stereocenters. The molecule has 2 rings (SSSR count). The van der Waals surface area contributed by atoms with E-state index in [0.29, 0.717) is 18.8 Å². The average molecular weight is 383 g/mol. The second kappa shape index (κ2) is 8.47. The second-order valence-corrected chi connectivity index (χ2v) is 9.20. The van der Waals surface area contributed by atoms with Gasteiger partial charge in [0.1, 0.15) is 0 Å². The van der Waals surface area contributed by atoms with Gasteiger partial charge in [-0.25, -0.2) is 8.42 Å². The second-order valence-electron chi connectivity index (χ2n) is 7.27. The zero-order valence-corrected chi connectivity index (χ0v) is 17.1. The highest BCUT2D eigenvalue weighted by molar-refractivity contribution is 7.89. The molecule has 0 radical (unpaired) electrons. The summed E-state index contributed by atoms with van der Waals surface area (Å²) >= 11 is 0. The summed E-state index contributed by atoms with van der Waals surface area (Å²) in [6.07, 6.45) is 0. The molecule has 1 aliphatic rings. The maximum absolute atomic E-state index is 13.0. The molecule has 0 spiro atoms. The van der Waals surface area contributed by atoms with Crippen LogP contribution in [0.5, 0.6) is 0 Å². The van der Waals surface area contributed by atoms with Gasteiger partial charge in [-0.15, -0.1) is 0 Å². The number of likely N-dealkylation sites (N-methyl/N-ethyl adjacent to an activating group) is 1. The molecule has 1 aromatic rings. The van der Waals surface area contributed by atoms with E-state index < -0.39 is 10.0 Å². The fraction of sp³-hybridized carbons (Fsp3) is 0.611. The van der Waals surface area contributed by atoms with Crippen molar-refractivity contribution in [2.24, 2.45) is 0 Å². The molecule has 0 saturated carbocycles. The third kappa shape index (κ3) is 5.03. The SMILES string of the molecule is CC(=O)Nc1ccc(S(=O)(=O)N2CC(C)N(CCN(C)C)C(C)C2)cc1. The summed E-state index contributed by atoms with van der Waals surface area (Å²) in [4.78, 5) is 15.9. The van der Waals surface area contributed by atoms with Gasteiger partial charge in [0.25, 0.3) is 0 Å². The molecule has 0 aliphatic carbocycles. The monoisotopic (exact) mass is 382 g/mol. The first-order valence-corrected chi connectivity index (χ1v) is 10.3. The van der Waals surface area contributed by atoms with Crippen molar-refractivity contribution in [1.82, 2.24) is 14.1 Å². The summed E-state index contributed by atoms with van der Waals surface area (Å²) in [5.74, 6) is -0.183. The molecule has 1 amide bonds. The molecule has 0 aromatic heterocycles. The molecule has 8 heteroatoms. The fourth-order valence-electron chi connectivity index (χ4n) is 3.32.